The van der Waals surface area contributed by atoms with Gasteiger partial charge in [-0.3, -0.25) is 14.7 Å². The second-order valence-electron chi connectivity index (χ2n) is 8.06. The lowest BCUT2D eigenvalue weighted by Crippen LogP contribution is -2.52. The third kappa shape index (κ3) is 4.54. The summed E-state index contributed by atoms with van der Waals surface area (Å²) < 4.78 is 1.78. The lowest BCUT2D eigenvalue weighted by Gasteiger charge is -2.40. The third-order valence-corrected chi connectivity index (χ3v) is 5.22. The molecule has 1 unspecified atom stereocenters. The molecular formula is C21H32N6O. The van der Waals surface area contributed by atoms with Gasteiger partial charge in [-0.1, -0.05) is 19.9 Å². The van der Waals surface area contributed by atoms with Crippen LogP contribution in [-0.4, -0.2) is 57.7 Å². The van der Waals surface area contributed by atoms with Crippen LogP contribution in [0.1, 0.15) is 33.3 Å². The number of aromatic nitrogens is 2. The normalized spacial score (nSPS) is 19.1. The molecule has 2 aromatic rings. The molecule has 0 saturated carbocycles. The van der Waals surface area contributed by atoms with Gasteiger partial charge in [-0.25, -0.2) is 9.31 Å². The van der Waals surface area contributed by atoms with Crippen molar-refractivity contribution in [3.05, 3.63) is 42.4 Å². The number of primary amides is 1. The molecule has 1 aliphatic rings. The molecule has 7 nitrogen and oxygen atoms in total. The largest absolute Gasteiger partial charge is 0.351 e. The lowest BCUT2D eigenvalue weighted by atomic mass is 10.1. The molecule has 0 aromatic carbocycles. The Morgan fingerprint density at radius 1 is 1.43 bits per heavy atom. The summed E-state index contributed by atoms with van der Waals surface area (Å²) in [5.41, 5.74) is 8.33. The van der Waals surface area contributed by atoms with Crippen LogP contribution in [0.15, 0.2) is 36.8 Å². The molecule has 28 heavy (non-hydrogen) atoms. The van der Waals surface area contributed by atoms with Crippen LogP contribution in [-0.2, 0) is 6.54 Å². The summed E-state index contributed by atoms with van der Waals surface area (Å²) in [6, 6.07) is 4.24. The summed E-state index contributed by atoms with van der Waals surface area (Å²) in [5, 5.41) is 4.35. The van der Waals surface area contributed by atoms with Crippen LogP contribution >= 0.6 is 0 Å². The highest BCUT2D eigenvalue weighted by molar-refractivity contribution is 5.97. The van der Waals surface area contributed by atoms with Gasteiger partial charge in [-0.2, -0.15) is 5.10 Å². The first kappa shape index (κ1) is 20.4. The third-order valence-electron chi connectivity index (χ3n) is 5.22. The van der Waals surface area contributed by atoms with E-state index in [2.05, 4.69) is 47.8 Å². The van der Waals surface area contributed by atoms with Crippen LogP contribution in [0, 0.1) is 5.92 Å². The Morgan fingerprint density at radius 2 is 2.21 bits per heavy atom. The number of allylic oxidation sites excluding steroid dienone is 1. The Kier molecular flexibility index (Phi) is 6.36. The molecule has 1 atom stereocenters. The zero-order valence-corrected chi connectivity index (χ0v) is 17.4. The van der Waals surface area contributed by atoms with Crippen LogP contribution in [0.3, 0.4) is 0 Å². The van der Waals surface area contributed by atoms with Crippen LogP contribution in [0.4, 0.5) is 10.5 Å². The molecule has 0 bridgehead atoms. The number of amides is 2. The van der Waals surface area contributed by atoms with E-state index in [0.29, 0.717) is 17.6 Å². The first-order chi connectivity index (χ1) is 13.4. The fourth-order valence-corrected chi connectivity index (χ4v) is 3.93. The summed E-state index contributed by atoms with van der Waals surface area (Å²) in [7, 11) is 0. The van der Waals surface area contributed by atoms with E-state index >= 15 is 0 Å². The van der Waals surface area contributed by atoms with Crippen LogP contribution in [0.25, 0.3) is 5.52 Å². The minimum Gasteiger partial charge on any atom is -0.351 e. The number of nitrogens with zero attached hydrogens (tertiary/aromatic N) is 5. The van der Waals surface area contributed by atoms with Crippen LogP contribution < -0.4 is 10.6 Å². The standard InChI is InChI=1S/C21H32N6O/c1-5-7-26(21(22)28)20-12-23-27-8-6-18(11-19(20)27)15-24-9-10-25(13-16(2)3)17(4)14-24/h5-8,11-12,16-17H,9-10,13-15H2,1-4H3,(H2,22,28)/b7-5-. The Labute approximate surface area is 167 Å². The van der Waals surface area contributed by atoms with E-state index < -0.39 is 6.03 Å². The smallest absolute Gasteiger partial charge is 0.323 e. The van der Waals surface area contributed by atoms with E-state index in [0.717, 1.165) is 38.2 Å². The fourth-order valence-electron chi connectivity index (χ4n) is 3.93. The maximum absolute atomic E-state index is 11.8. The van der Waals surface area contributed by atoms with Crippen molar-refractivity contribution >= 4 is 17.2 Å². The minimum atomic E-state index is -0.520. The van der Waals surface area contributed by atoms with Crippen molar-refractivity contribution in [3.63, 3.8) is 0 Å². The van der Waals surface area contributed by atoms with E-state index in [4.69, 9.17) is 5.73 Å². The molecule has 1 fully saturated rings. The van der Waals surface area contributed by atoms with Crippen molar-refractivity contribution in [1.29, 1.82) is 0 Å². The monoisotopic (exact) mass is 384 g/mol. The zero-order valence-electron chi connectivity index (χ0n) is 17.4. The SMILES string of the molecule is C/C=C\N(C(N)=O)c1cnn2ccc(CN3CCN(CC(C)C)C(C)C3)cc12. The van der Waals surface area contributed by atoms with Crippen molar-refractivity contribution in [2.24, 2.45) is 11.7 Å². The number of anilines is 1. The number of urea groups is 1. The molecule has 1 aliphatic heterocycles. The van der Waals surface area contributed by atoms with Crippen molar-refractivity contribution in [2.75, 3.05) is 31.1 Å². The molecule has 1 saturated heterocycles. The van der Waals surface area contributed by atoms with Crippen LogP contribution in [0.2, 0.25) is 0 Å². The second kappa shape index (κ2) is 8.75. The topological polar surface area (TPSA) is 70.1 Å². The van der Waals surface area contributed by atoms with E-state index in [1.165, 1.54) is 10.5 Å². The number of carbonyl (C=O) groups is 1. The Morgan fingerprint density at radius 3 is 2.86 bits per heavy atom. The maximum atomic E-state index is 11.8. The highest BCUT2D eigenvalue weighted by atomic mass is 16.2. The van der Waals surface area contributed by atoms with Gasteiger partial charge in [-0.05, 0) is 37.5 Å². The summed E-state index contributed by atoms with van der Waals surface area (Å²) in [6.45, 7) is 14.0. The van der Waals surface area contributed by atoms with Gasteiger partial charge in [0, 0.05) is 51.2 Å². The number of carbonyl (C=O) groups excluding carboxylic acids is 1. The van der Waals surface area contributed by atoms with Gasteiger partial charge in [-0.15, -0.1) is 0 Å². The zero-order chi connectivity index (χ0) is 20.3. The molecule has 0 radical (unpaired) electrons. The highest BCUT2D eigenvalue weighted by Gasteiger charge is 2.24. The Hall–Kier alpha value is -2.38. The van der Waals surface area contributed by atoms with Gasteiger partial charge in [0.05, 0.1) is 17.4 Å². The van der Waals surface area contributed by atoms with Gasteiger partial charge in [0.1, 0.15) is 0 Å². The van der Waals surface area contributed by atoms with Crippen molar-refractivity contribution in [3.8, 4) is 0 Å². The van der Waals surface area contributed by atoms with E-state index in [-0.39, 0.29) is 0 Å². The lowest BCUT2D eigenvalue weighted by molar-refractivity contribution is 0.0702. The number of rotatable bonds is 6. The Bertz CT molecular complexity index is 843. The predicted molar refractivity (Wildman–Crippen MR) is 113 cm³/mol. The summed E-state index contributed by atoms with van der Waals surface area (Å²) in [4.78, 5) is 18.3. The molecule has 3 heterocycles. The van der Waals surface area contributed by atoms with Crippen molar-refractivity contribution in [1.82, 2.24) is 19.4 Å². The quantitative estimate of drug-likeness (QED) is 0.831. The van der Waals surface area contributed by atoms with E-state index in [1.54, 1.807) is 23.0 Å². The van der Waals surface area contributed by atoms with Gasteiger partial charge in [0.25, 0.3) is 0 Å². The predicted octanol–water partition coefficient (Wildman–Crippen LogP) is 2.92. The number of hydrogen-bond acceptors (Lipinski definition) is 4. The van der Waals surface area contributed by atoms with E-state index in [9.17, 15) is 4.79 Å². The second-order valence-corrected chi connectivity index (χ2v) is 8.06. The van der Waals surface area contributed by atoms with Crippen molar-refractivity contribution < 1.29 is 4.79 Å². The summed E-state index contributed by atoms with van der Waals surface area (Å²) in [5.74, 6) is 0.696. The highest BCUT2D eigenvalue weighted by Crippen LogP contribution is 2.24. The van der Waals surface area contributed by atoms with Crippen molar-refractivity contribution in [2.45, 2.75) is 40.3 Å². The first-order valence-electron chi connectivity index (χ1n) is 10.0. The number of nitrogens with two attached hydrogens (primary N) is 1. The molecular weight excluding hydrogens is 352 g/mol. The van der Waals surface area contributed by atoms with Gasteiger partial charge in [0.15, 0.2) is 0 Å². The summed E-state index contributed by atoms with van der Waals surface area (Å²) in [6.07, 6.45) is 7.08. The maximum Gasteiger partial charge on any atom is 0.323 e. The average Bonchev–Trinajstić information content (AvgIpc) is 3.04. The molecule has 7 heteroatoms. The molecule has 2 amide bonds. The molecule has 2 aromatic heterocycles. The minimum absolute atomic E-state index is 0.520. The molecule has 2 N–H and O–H groups in total. The van der Waals surface area contributed by atoms with Gasteiger partial charge < -0.3 is 5.73 Å². The Balaban J connectivity index is 1.76. The van der Waals surface area contributed by atoms with Gasteiger partial charge >= 0.3 is 6.03 Å². The fraction of sp³-hybridized carbons (Fsp3) is 0.524. The average molecular weight is 385 g/mol. The number of pyridine rings is 1. The van der Waals surface area contributed by atoms with E-state index in [1.807, 2.05) is 13.1 Å². The molecule has 3 rings (SSSR count). The molecule has 0 aliphatic carbocycles. The molecule has 152 valence electrons. The first-order valence-corrected chi connectivity index (χ1v) is 10.0. The van der Waals surface area contributed by atoms with Gasteiger partial charge in [0.2, 0.25) is 0 Å². The van der Waals surface area contributed by atoms with Crippen LogP contribution in [0.5, 0.6) is 0 Å². The number of piperazine rings is 1. The summed E-state index contributed by atoms with van der Waals surface area (Å²) >= 11 is 0. The molecule has 0 spiro atoms. The number of fused-ring (bicyclic) bond motifs is 1. The number of hydrogen-bond donors (Lipinski definition) is 1.